The molecule has 1 aromatic carbocycles. The van der Waals surface area contributed by atoms with Gasteiger partial charge in [0.15, 0.2) is 5.13 Å². The molecule has 0 nitrogen and oxygen atoms in total. The monoisotopic (exact) mass is 177 g/mol. The number of thiophene rings is 1. The molecule has 0 aliphatic heterocycles. The van der Waals surface area contributed by atoms with E-state index in [1.807, 2.05) is 30.3 Å². The molecule has 0 saturated heterocycles. The summed E-state index contributed by atoms with van der Waals surface area (Å²) in [6.07, 6.45) is 0. The largest absolute Gasteiger partial charge is 0.195 e. The van der Waals surface area contributed by atoms with Crippen molar-refractivity contribution in [3.05, 3.63) is 46.9 Å². The molecular formula is C10H6FS. The molecule has 2 heteroatoms. The minimum atomic E-state index is -0.186. The third kappa shape index (κ3) is 1.38. The Balaban J connectivity index is 2.45. The van der Waals surface area contributed by atoms with Gasteiger partial charge in [-0.15, -0.1) is 11.3 Å². The lowest BCUT2D eigenvalue weighted by Crippen LogP contribution is -1.70. The molecule has 0 fully saturated rings. The van der Waals surface area contributed by atoms with E-state index in [1.54, 1.807) is 0 Å². The molecule has 0 aliphatic rings. The van der Waals surface area contributed by atoms with Crippen LogP contribution in [0.5, 0.6) is 0 Å². The maximum Gasteiger partial charge on any atom is 0.177 e. The van der Waals surface area contributed by atoms with Crippen molar-refractivity contribution < 1.29 is 4.39 Å². The highest BCUT2D eigenvalue weighted by molar-refractivity contribution is 7.08. The quantitative estimate of drug-likeness (QED) is 0.626. The summed E-state index contributed by atoms with van der Waals surface area (Å²) < 4.78 is 12.6. The predicted octanol–water partition coefficient (Wildman–Crippen LogP) is 3.35. The van der Waals surface area contributed by atoms with Crippen LogP contribution in [0.15, 0.2) is 36.4 Å². The fourth-order valence-corrected chi connectivity index (χ4v) is 1.60. The van der Waals surface area contributed by atoms with Crippen molar-refractivity contribution >= 4 is 11.3 Å². The van der Waals surface area contributed by atoms with E-state index in [-0.39, 0.29) is 5.13 Å². The molecule has 0 unspecified atom stereocenters. The van der Waals surface area contributed by atoms with Crippen molar-refractivity contribution in [2.45, 2.75) is 0 Å². The number of halogens is 1. The molecule has 1 heterocycles. The van der Waals surface area contributed by atoms with Gasteiger partial charge in [0.1, 0.15) is 0 Å². The van der Waals surface area contributed by atoms with Gasteiger partial charge in [0.2, 0.25) is 0 Å². The van der Waals surface area contributed by atoms with Gasteiger partial charge in [-0.05, 0) is 11.6 Å². The van der Waals surface area contributed by atoms with Crippen LogP contribution in [0.3, 0.4) is 0 Å². The van der Waals surface area contributed by atoms with Crippen molar-refractivity contribution in [2.24, 2.45) is 0 Å². The van der Waals surface area contributed by atoms with Gasteiger partial charge in [-0.1, -0.05) is 30.3 Å². The van der Waals surface area contributed by atoms with Crippen LogP contribution in [0, 0.1) is 10.5 Å². The zero-order chi connectivity index (χ0) is 8.39. The van der Waals surface area contributed by atoms with Gasteiger partial charge in [0.25, 0.3) is 0 Å². The van der Waals surface area contributed by atoms with Crippen molar-refractivity contribution in [2.75, 3.05) is 0 Å². The topological polar surface area (TPSA) is 0 Å². The van der Waals surface area contributed by atoms with Crippen LogP contribution >= 0.6 is 11.3 Å². The molecule has 0 atom stereocenters. The number of hydrogen-bond acceptors (Lipinski definition) is 1. The zero-order valence-electron chi connectivity index (χ0n) is 6.25. The van der Waals surface area contributed by atoms with E-state index in [4.69, 9.17) is 0 Å². The smallest absolute Gasteiger partial charge is 0.177 e. The summed E-state index contributed by atoms with van der Waals surface area (Å²) in [5.74, 6) is 0. The second kappa shape index (κ2) is 3.07. The summed E-state index contributed by atoms with van der Waals surface area (Å²) in [5.41, 5.74) is 1.84. The Morgan fingerprint density at radius 3 is 2.50 bits per heavy atom. The van der Waals surface area contributed by atoms with Crippen LogP contribution in [0.25, 0.3) is 11.1 Å². The molecule has 0 amide bonds. The first kappa shape index (κ1) is 7.50. The van der Waals surface area contributed by atoms with Crippen molar-refractivity contribution in [1.29, 1.82) is 0 Å². The molecular weight excluding hydrogens is 171 g/mol. The summed E-state index contributed by atoms with van der Waals surface area (Å²) in [4.78, 5) is 0. The Labute approximate surface area is 74.3 Å². The standard InChI is InChI=1S/C10H6FS/c11-10-6-9(7-12-10)8-4-2-1-3-5-8/h1-6H. The predicted molar refractivity (Wildman–Crippen MR) is 48.5 cm³/mol. The SMILES string of the molecule is Fc1cc(-c2ccccc2)[c]s1. The summed E-state index contributed by atoms with van der Waals surface area (Å²) in [5, 5.41) is 2.70. The first-order valence-electron chi connectivity index (χ1n) is 3.59. The molecule has 1 aromatic heterocycles. The van der Waals surface area contributed by atoms with Crippen molar-refractivity contribution in [3.63, 3.8) is 0 Å². The molecule has 0 saturated carbocycles. The highest BCUT2D eigenvalue weighted by atomic mass is 32.1. The molecule has 59 valence electrons. The summed E-state index contributed by atoms with van der Waals surface area (Å²) in [6.45, 7) is 0. The minimum Gasteiger partial charge on any atom is -0.195 e. The number of rotatable bonds is 1. The van der Waals surface area contributed by atoms with Gasteiger partial charge >= 0.3 is 0 Å². The van der Waals surface area contributed by atoms with Crippen LogP contribution in [0.2, 0.25) is 0 Å². The molecule has 2 aromatic rings. The third-order valence-corrected chi connectivity index (χ3v) is 2.24. The Kier molecular flexibility index (Phi) is 1.92. The average Bonchev–Trinajstić information content (AvgIpc) is 2.54. The van der Waals surface area contributed by atoms with E-state index in [0.717, 1.165) is 22.5 Å². The van der Waals surface area contributed by atoms with Crippen molar-refractivity contribution in [3.8, 4) is 11.1 Å². The minimum absolute atomic E-state index is 0.186. The molecule has 0 spiro atoms. The lowest BCUT2D eigenvalue weighted by molar-refractivity contribution is 0.657. The first-order chi connectivity index (χ1) is 5.86. The van der Waals surface area contributed by atoms with Crippen LogP contribution in [0.1, 0.15) is 0 Å². The first-order valence-corrected chi connectivity index (χ1v) is 4.40. The Morgan fingerprint density at radius 2 is 1.92 bits per heavy atom. The van der Waals surface area contributed by atoms with Crippen molar-refractivity contribution in [1.82, 2.24) is 0 Å². The average molecular weight is 177 g/mol. The van der Waals surface area contributed by atoms with Gasteiger partial charge in [0, 0.05) is 5.56 Å². The normalized spacial score (nSPS) is 10.1. The second-order valence-electron chi connectivity index (χ2n) is 2.43. The molecule has 12 heavy (non-hydrogen) atoms. The maximum absolute atomic E-state index is 12.6. The highest BCUT2D eigenvalue weighted by Gasteiger charge is 2.00. The number of benzene rings is 1. The summed E-state index contributed by atoms with van der Waals surface area (Å²) in [6, 6.07) is 11.2. The Morgan fingerprint density at radius 1 is 1.17 bits per heavy atom. The highest BCUT2D eigenvalue weighted by Crippen LogP contribution is 2.23. The van der Waals surface area contributed by atoms with E-state index < -0.39 is 0 Å². The maximum atomic E-state index is 12.6. The van der Waals surface area contributed by atoms with Crippen LogP contribution in [-0.2, 0) is 0 Å². The van der Waals surface area contributed by atoms with Gasteiger partial charge in [-0.3, -0.25) is 0 Å². The van der Waals surface area contributed by atoms with Gasteiger partial charge in [-0.25, -0.2) is 0 Å². The van der Waals surface area contributed by atoms with E-state index >= 15 is 0 Å². The van der Waals surface area contributed by atoms with Crippen LogP contribution < -0.4 is 0 Å². The van der Waals surface area contributed by atoms with E-state index in [9.17, 15) is 4.39 Å². The fraction of sp³-hybridized carbons (Fsp3) is 0. The lowest BCUT2D eigenvalue weighted by Gasteiger charge is -1.93. The van der Waals surface area contributed by atoms with Crippen LogP contribution in [-0.4, -0.2) is 0 Å². The van der Waals surface area contributed by atoms with Gasteiger partial charge in [-0.2, -0.15) is 4.39 Å². The Bertz CT molecular complexity index is 364. The molecule has 0 N–H and O–H groups in total. The molecule has 0 aliphatic carbocycles. The molecule has 2 rings (SSSR count). The lowest BCUT2D eigenvalue weighted by atomic mass is 10.1. The number of hydrogen-bond donors (Lipinski definition) is 0. The summed E-state index contributed by atoms with van der Waals surface area (Å²) >= 11 is 1.01. The zero-order valence-corrected chi connectivity index (χ0v) is 7.07. The van der Waals surface area contributed by atoms with Crippen LogP contribution in [0.4, 0.5) is 4.39 Å². The van der Waals surface area contributed by atoms with E-state index in [1.165, 1.54) is 6.07 Å². The van der Waals surface area contributed by atoms with Gasteiger partial charge < -0.3 is 0 Å². The summed E-state index contributed by atoms with van der Waals surface area (Å²) in [7, 11) is 0. The Hall–Kier alpha value is -1.15. The fourth-order valence-electron chi connectivity index (χ4n) is 1.04. The van der Waals surface area contributed by atoms with E-state index in [0.29, 0.717) is 0 Å². The molecule has 1 radical (unpaired) electrons. The second-order valence-corrected chi connectivity index (χ2v) is 3.23. The third-order valence-electron chi connectivity index (χ3n) is 1.60. The van der Waals surface area contributed by atoms with E-state index in [2.05, 4.69) is 5.38 Å². The molecule has 0 bridgehead atoms. The van der Waals surface area contributed by atoms with Gasteiger partial charge in [0.05, 0.1) is 5.38 Å².